The summed E-state index contributed by atoms with van der Waals surface area (Å²) in [5, 5.41) is 3.62. The normalized spacial score (nSPS) is 33.1. The van der Waals surface area contributed by atoms with Crippen LogP contribution >= 0.6 is 0 Å². The van der Waals surface area contributed by atoms with Gasteiger partial charge >= 0.3 is 0 Å². The van der Waals surface area contributed by atoms with E-state index in [4.69, 9.17) is 5.73 Å². The molecule has 5 unspecified atom stereocenters. The molecule has 1 aliphatic rings. The summed E-state index contributed by atoms with van der Waals surface area (Å²) < 4.78 is 0. The molecule has 0 aromatic rings. The van der Waals surface area contributed by atoms with Gasteiger partial charge < -0.3 is 11.1 Å². The van der Waals surface area contributed by atoms with Gasteiger partial charge in [0.1, 0.15) is 0 Å². The molecule has 0 aromatic heterocycles. The highest BCUT2D eigenvalue weighted by Gasteiger charge is 2.37. The number of hydrogen-bond acceptors (Lipinski definition) is 2. The fourth-order valence-corrected chi connectivity index (χ4v) is 3.67. The highest BCUT2D eigenvalue weighted by atomic mass is 16.1. The average molecular weight is 268 g/mol. The zero-order chi connectivity index (χ0) is 14.4. The van der Waals surface area contributed by atoms with Crippen LogP contribution in [0.3, 0.4) is 0 Å². The number of hydrogen-bond donors (Lipinski definition) is 2. The fourth-order valence-electron chi connectivity index (χ4n) is 3.67. The first-order valence-corrected chi connectivity index (χ1v) is 8.04. The van der Waals surface area contributed by atoms with Crippen molar-refractivity contribution in [2.75, 3.05) is 0 Å². The van der Waals surface area contributed by atoms with E-state index in [2.05, 4.69) is 33.0 Å². The van der Waals surface area contributed by atoms with Crippen molar-refractivity contribution >= 4 is 5.91 Å². The number of nitrogens with two attached hydrogens (primary N) is 1. The van der Waals surface area contributed by atoms with E-state index in [1.54, 1.807) is 0 Å². The third kappa shape index (κ3) is 4.79. The largest absolute Gasteiger partial charge is 0.369 e. The maximum Gasteiger partial charge on any atom is 0.222 e. The summed E-state index contributed by atoms with van der Waals surface area (Å²) >= 11 is 0. The molecule has 0 bridgehead atoms. The van der Waals surface area contributed by atoms with Crippen LogP contribution in [0.2, 0.25) is 0 Å². The molecule has 112 valence electrons. The molecule has 1 amide bonds. The van der Waals surface area contributed by atoms with Crippen LogP contribution in [0.4, 0.5) is 0 Å². The standard InChI is InChI=1S/C16H32N2O/c1-5-7-8-13(6-2)10-14-15(16(17)19)11(3)9-12(4)18-14/h11-15,18H,5-10H2,1-4H3,(H2,17,19). The maximum absolute atomic E-state index is 11.7. The molecule has 1 heterocycles. The quantitative estimate of drug-likeness (QED) is 0.745. The molecule has 1 aliphatic heterocycles. The van der Waals surface area contributed by atoms with Gasteiger partial charge in [-0.05, 0) is 31.6 Å². The van der Waals surface area contributed by atoms with Crippen molar-refractivity contribution in [1.29, 1.82) is 0 Å². The summed E-state index contributed by atoms with van der Waals surface area (Å²) in [4.78, 5) is 11.7. The van der Waals surface area contributed by atoms with Crippen LogP contribution in [0.25, 0.3) is 0 Å². The Morgan fingerprint density at radius 2 is 2.05 bits per heavy atom. The molecule has 0 saturated carbocycles. The molecular weight excluding hydrogens is 236 g/mol. The summed E-state index contributed by atoms with van der Waals surface area (Å²) in [6.07, 6.45) is 7.17. The van der Waals surface area contributed by atoms with E-state index < -0.39 is 0 Å². The molecule has 0 radical (unpaired) electrons. The molecule has 1 fully saturated rings. The smallest absolute Gasteiger partial charge is 0.222 e. The third-order valence-electron chi connectivity index (χ3n) is 4.73. The van der Waals surface area contributed by atoms with Crippen molar-refractivity contribution in [3.8, 4) is 0 Å². The van der Waals surface area contributed by atoms with E-state index in [0.29, 0.717) is 12.0 Å². The topological polar surface area (TPSA) is 55.1 Å². The van der Waals surface area contributed by atoms with Gasteiger partial charge in [-0.2, -0.15) is 0 Å². The van der Waals surface area contributed by atoms with Gasteiger partial charge in [0.15, 0.2) is 0 Å². The molecule has 19 heavy (non-hydrogen) atoms. The van der Waals surface area contributed by atoms with Gasteiger partial charge in [0.25, 0.3) is 0 Å². The van der Waals surface area contributed by atoms with Crippen LogP contribution in [0.15, 0.2) is 0 Å². The van der Waals surface area contributed by atoms with Gasteiger partial charge in [-0.25, -0.2) is 0 Å². The lowest BCUT2D eigenvalue weighted by Crippen LogP contribution is -2.54. The summed E-state index contributed by atoms with van der Waals surface area (Å²) in [6.45, 7) is 8.89. The van der Waals surface area contributed by atoms with Gasteiger partial charge in [0.05, 0.1) is 5.92 Å². The number of primary amides is 1. The lowest BCUT2D eigenvalue weighted by atomic mass is 9.75. The van der Waals surface area contributed by atoms with E-state index in [1.165, 1.54) is 25.7 Å². The summed E-state index contributed by atoms with van der Waals surface area (Å²) in [5.74, 6) is 1.01. The minimum Gasteiger partial charge on any atom is -0.369 e. The number of unbranched alkanes of at least 4 members (excludes halogenated alkanes) is 1. The number of rotatable bonds is 7. The van der Waals surface area contributed by atoms with E-state index in [-0.39, 0.29) is 17.9 Å². The first kappa shape index (κ1) is 16.5. The lowest BCUT2D eigenvalue weighted by molar-refractivity contribution is -0.125. The fraction of sp³-hybridized carbons (Fsp3) is 0.938. The molecule has 5 atom stereocenters. The monoisotopic (exact) mass is 268 g/mol. The van der Waals surface area contributed by atoms with Crippen LogP contribution in [0, 0.1) is 17.8 Å². The average Bonchev–Trinajstić information content (AvgIpc) is 2.32. The molecule has 3 nitrogen and oxygen atoms in total. The molecule has 0 spiro atoms. The number of carbonyl (C=O) groups is 1. The van der Waals surface area contributed by atoms with E-state index in [9.17, 15) is 4.79 Å². The Morgan fingerprint density at radius 1 is 1.37 bits per heavy atom. The minimum absolute atomic E-state index is 0.00637. The first-order chi connectivity index (χ1) is 8.99. The second-order valence-electron chi connectivity index (χ2n) is 6.47. The zero-order valence-corrected chi connectivity index (χ0v) is 13.1. The highest BCUT2D eigenvalue weighted by molar-refractivity contribution is 5.77. The Kier molecular flexibility index (Phi) is 6.84. The molecule has 3 heteroatoms. The van der Waals surface area contributed by atoms with Gasteiger partial charge in [0, 0.05) is 12.1 Å². The Hall–Kier alpha value is -0.570. The van der Waals surface area contributed by atoms with Crippen molar-refractivity contribution in [3.05, 3.63) is 0 Å². The SMILES string of the molecule is CCCCC(CC)CC1NC(C)CC(C)C1C(N)=O. The molecule has 3 N–H and O–H groups in total. The van der Waals surface area contributed by atoms with E-state index in [0.717, 1.165) is 18.8 Å². The van der Waals surface area contributed by atoms with Gasteiger partial charge in [0.2, 0.25) is 5.91 Å². The predicted molar refractivity (Wildman–Crippen MR) is 80.8 cm³/mol. The summed E-state index contributed by atoms with van der Waals surface area (Å²) in [5.41, 5.74) is 5.63. The molecule has 1 saturated heterocycles. The minimum atomic E-state index is -0.123. The molecule has 0 aliphatic carbocycles. The summed E-state index contributed by atoms with van der Waals surface area (Å²) in [7, 11) is 0. The number of amides is 1. The summed E-state index contributed by atoms with van der Waals surface area (Å²) in [6, 6.07) is 0.775. The van der Waals surface area contributed by atoms with Gasteiger partial charge in [-0.3, -0.25) is 4.79 Å². The van der Waals surface area contributed by atoms with Crippen LogP contribution in [-0.4, -0.2) is 18.0 Å². The van der Waals surface area contributed by atoms with E-state index in [1.807, 2.05) is 0 Å². The predicted octanol–water partition coefficient (Wildman–Crippen LogP) is 3.08. The van der Waals surface area contributed by atoms with Crippen molar-refractivity contribution in [2.45, 2.75) is 78.3 Å². The maximum atomic E-state index is 11.7. The molecule has 1 rings (SSSR count). The van der Waals surface area contributed by atoms with Crippen LogP contribution in [0.1, 0.15) is 66.2 Å². The highest BCUT2D eigenvalue weighted by Crippen LogP contribution is 2.31. The van der Waals surface area contributed by atoms with Crippen molar-refractivity contribution in [2.24, 2.45) is 23.5 Å². The molecular formula is C16H32N2O. The van der Waals surface area contributed by atoms with Crippen LogP contribution < -0.4 is 11.1 Å². The number of nitrogens with one attached hydrogen (secondary N) is 1. The second-order valence-corrected chi connectivity index (χ2v) is 6.47. The third-order valence-corrected chi connectivity index (χ3v) is 4.73. The van der Waals surface area contributed by atoms with Crippen LogP contribution in [0.5, 0.6) is 0 Å². The lowest BCUT2D eigenvalue weighted by Gasteiger charge is -2.40. The van der Waals surface area contributed by atoms with Gasteiger partial charge in [-0.1, -0.05) is 46.5 Å². The van der Waals surface area contributed by atoms with Gasteiger partial charge in [-0.15, -0.1) is 0 Å². The number of carbonyl (C=O) groups excluding carboxylic acids is 1. The first-order valence-electron chi connectivity index (χ1n) is 8.04. The Labute approximate surface area is 118 Å². The Balaban J connectivity index is 2.66. The van der Waals surface area contributed by atoms with E-state index >= 15 is 0 Å². The second kappa shape index (κ2) is 7.88. The Morgan fingerprint density at radius 3 is 2.58 bits per heavy atom. The van der Waals surface area contributed by atoms with Crippen molar-refractivity contribution in [1.82, 2.24) is 5.32 Å². The molecule has 0 aromatic carbocycles. The Bertz CT molecular complexity index is 280. The zero-order valence-electron chi connectivity index (χ0n) is 13.1. The van der Waals surface area contributed by atoms with Crippen molar-refractivity contribution in [3.63, 3.8) is 0 Å². The number of piperidine rings is 1. The van der Waals surface area contributed by atoms with Crippen LogP contribution in [-0.2, 0) is 4.79 Å². The van der Waals surface area contributed by atoms with Crippen molar-refractivity contribution < 1.29 is 4.79 Å².